The molecule has 0 bridgehead atoms. The minimum absolute atomic E-state index is 0.0176. The lowest BCUT2D eigenvalue weighted by Gasteiger charge is -2.36. The number of primary amides is 2. The van der Waals surface area contributed by atoms with Crippen molar-refractivity contribution in [2.75, 3.05) is 125 Å². The van der Waals surface area contributed by atoms with Gasteiger partial charge in [0.2, 0.25) is 5.89 Å². The molecule has 3 fully saturated rings. The van der Waals surface area contributed by atoms with Gasteiger partial charge in [0, 0.05) is 136 Å². The maximum atomic E-state index is 14.0. The van der Waals surface area contributed by atoms with Crippen molar-refractivity contribution >= 4 is 199 Å². The number of aromatic nitrogens is 8. The molecule has 16 N–H and O–H groups in total. The Morgan fingerprint density at radius 3 is 1.56 bits per heavy atom. The Labute approximate surface area is 847 Å². The van der Waals surface area contributed by atoms with E-state index in [9.17, 15) is 50.3 Å². The average molecular weight is 2080 g/mol. The lowest BCUT2D eigenvalue weighted by molar-refractivity contribution is -0.137. The Balaban J connectivity index is 0.000000130. The van der Waals surface area contributed by atoms with E-state index >= 15 is 0 Å². The molecule has 20 rings (SSSR count). The largest absolute Gasteiger partial charge is 0.456 e. The van der Waals surface area contributed by atoms with Gasteiger partial charge >= 0.3 is 18.3 Å². The first-order chi connectivity index (χ1) is 67.6. The van der Waals surface area contributed by atoms with Crippen molar-refractivity contribution in [3.05, 3.63) is 151 Å². The molecule has 6 aliphatic rings. The summed E-state index contributed by atoms with van der Waals surface area (Å²) in [4.78, 5) is 103. The maximum Gasteiger partial charge on any atom is 0.417 e. The second-order valence-electron chi connectivity index (χ2n) is 38.8. The van der Waals surface area contributed by atoms with Crippen LogP contribution in [0.2, 0.25) is 0 Å². The van der Waals surface area contributed by atoms with E-state index < -0.39 is 46.3 Å². The molecule has 762 valence electrons. The van der Waals surface area contributed by atoms with Crippen LogP contribution in [-0.4, -0.2) is 181 Å². The number of likely N-dealkylation sites (N-methyl/N-ethyl adjacent to an activating group) is 1. The van der Waals surface area contributed by atoms with Crippen LogP contribution in [0.4, 0.5) is 66.3 Å². The topological polar surface area (TPSA) is 460 Å². The molecule has 30 nitrogen and oxygen atoms in total. The average Bonchev–Trinajstić information content (AvgIpc) is 1.60. The third-order valence-electron chi connectivity index (χ3n) is 26.1. The van der Waals surface area contributed by atoms with E-state index in [1.165, 1.54) is 92.6 Å². The molecule has 42 heteroatoms. The second kappa shape index (κ2) is 42.6. The number of thiophene rings is 6. The minimum atomic E-state index is -4.59. The fourth-order valence-corrected chi connectivity index (χ4v) is 25.0. The first-order valence-corrected chi connectivity index (χ1v) is 52.4. The van der Waals surface area contributed by atoms with Crippen molar-refractivity contribution in [2.24, 2.45) is 11.5 Å². The zero-order chi connectivity index (χ0) is 103. The Morgan fingerprint density at radius 2 is 0.979 bits per heavy atom. The number of alkyl halides is 6. The lowest BCUT2D eigenvalue weighted by Crippen LogP contribution is -2.47. The van der Waals surface area contributed by atoms with Gasteiger partial charge in [-0.1, -0.05) is 65.7 Å². The molecule has 0 unspecified atom stereocenters. The number of nitrogens with zero attached hydrogens (tertiary/aromatic N) is 12. The van der Waals surface area contributed by atoms with E-state index in [0.29, 0.717) is 133 Å². The van der Waals surface area contributed by atoms with Crippen LogP contribution < -0.4 is 50.8 Å². The van der Waals surface area contributed by atoms with Crippen LogP contribution in [0.15, 0.2) is 46.9 Å². The molecule has 3 saturated heterocycles. The van der Waals surface area contributed by atoms with E-state index in [1.54, 1.807) is 25.7 Å². The summed E-state index contributed by atoms with van der Waals surface area (Å²) in [6.45, 7) is 35.8. The van der Waals surface area contributed by atoms with Gasteiger partial charge in [-0.15, -0.1) is 78.2 Å². The summed E-state index contributed by atoms with van der Waals surface area (Å²) in [5.74, 6) is -0.177. The van der Waals surface area contributed by atoms with Gasteiger partial charge in [0.1, 0.15) is 69.7 Å². The lowest BCUT2D eigenvalue weighted by atomic mass is 9.89. The Kier molecular flexibility index (Phi) is 31.5. The zero-order valence-electron chi connectivity index (χ0n) is 82.7. The van der Waals surface area contributed by atoms with Crippen molar-refractivity contribution in [3.63, 3.8) is 0 Å². The number of piperazine rings is 1. The number of hydrogen-bond donors (Lipinski definition) is 8. The molecule has 0 saturated carbocycles. The van der Waals surface area contributed by atoms with Crippen LogP contribution in [0.3, 0.4) is 0 Å². The van der Waals surface area contributed by atoms with E-state index in [-0.39, 0.29) is 76.2 Å². The van der Waals surface area contributed by atoms with Crippen molar-refractivity contribution < 1.29 is 73.7 Å². The van der Waals surface area contributed by atoms with Crippen molar-refractivity contribution in [2.45, 2.75) is 216 Å². The summed E-state index contributed by atoms with van der Waals surface area (Å²) in [5, 5.41) is 11.7. The fourth-order valence-electron chi connectivity index (χ4n) is 18.7. The Morgan fingerprint density at radius 1 is 0.490 bits per heavy atom. The van der Waals surface area contributed by atoms with Gasteiger partial charge in [0.25, 0.3) is 29.5 Å². The van der Waals surface area contributed by atoms with Crippen LogP contribution in [0, 0.1) is 27.7 Å². The van der Waals surface area contributed by atoms with Crippen LogP contribution in [0.1, 0.15) is 240 Å². The number of amides is 4. The summed E-state index contributed by atoms with van der Waals surface area (Å²) in [5.41, 5.74) is 60.0. The van der Waals surface area contributed by atoms with E-state index in [4.69, 9.17) is 84.2 Å². The first-order valence-electron chi connectivity index (χ1n) is 47.5. The number of benzene rings is 1. The molecule has 0 radical (unpaired) electrons. The third kappa shape index (κ3) is 22.5. The number of halogens is 6. The molecule has 14 aromatic rings. The number of morpholine rings is 2. The molecule has 2 aliphatic carbocycles. The van der Waals surface area contributed by atoms with Crippen LogP contribution in [-0.2, 0) is 88.3 Å². The monoisotopic (exact) mass is 2080 g/mol. The van der Waals surface area contributed by atoms with E-state index in [0.717, 1.165) is 185 Å². The van der Waals surface area contributed by atoms with Gasteiger partial charge in [-0.2, -0.15) is 26.3 Å². The third-order valence-corrected chi connectivity index (χ3v) is 32.7. The summed E-state index contributed by atoms with van der Waals surface area (Å²) in [6.07, 6.45) is 2.54. The van der Waals surface area contributed by atoms with Crippen LogP contribution in [0.5, 0.6) is 0 Å². The predicted octanol–water partition coefficient (Wildman–Crippen LogP) is 19.9. The number of ether oxygens (including phenoxy) is 4. The van der Waals surface area contributed by atoms with E-state index in [2.05, 4.69) is 75.6 Å². The van der Waals surface area contributed by atoms with Crippen molar-refractivity contribution in [1.29, 1.82) is 0 Å². The van der Waals surface area contributed by atoms with Crippen LogP contribution >= 0.6 is 68.0 Å². The highest BCUT2D eigenvalue weighted by molar-refractivity contribution is 7.23. The number of carbonyl (C=O) groups is 5. The highest BCUT2D eigenvalue weighted by atomic mass is 32.1. The number of fused-ring (bicyclic) bond motifs is 10. The quantitative estimate of drug-likeness (QED) is 0.0358. The summed E-state index contributed by atoms with van der Waals surface area (Å²) >= 11 is 7.30. The van der Waals surface area contributed by atoms with E-state index in [1.807, 2.05) is 83.8 Å². The van der Waals surface area contributed by atoms with Gasteiger partial charge in [0.15, 0.2) is 0 Å². The molecule has 4 amide bonds. The predicted molar refractivity (Wildman–Crippen MR) is 560 cm³/mol. The Hall–Kier alpha value is -11.6. The van der Waals surface area contributed by atoms with Crippen molar-refractivity contribution in [1.82, 2.24) is 54.8 Å². The highest BCUT2D eigenvalue weighted by Gasteiger charge is 2.43. The minimum Gasteiger partial charge on any atom is -0.456 e. The molecule has 0 spiro atoms. The number of carbonyl (C=O) groups excluding carboxylic acids is 5. The Bertz CT molecular complexity index is 7210. The highest BCUT2D eigenvalue weighted by Crippen LogP contribution is 2.51. The molecular weight excluding hydrogens is 1960 g/mol. The van der Waals surface area contributed by atoms with Crippen LogP contribution in [0.25, 0.3) is 83.5 Å². The van der Waals surface area contributed by atoms with Gasteiger partial charge in [0.05, 0.1) is 83.9 Å². The molecule has 143 heavy (non-hydrogen) atoms. The number of esters is 1. The van der Waals surface area contributed by atoms with Gasteiger partial charge in [-0.25, -0.2) is 34.7 Å². The number of rotatable bonds is 10. The van der Waals surface area contributed by atoms with Gasteiger partial charge < -0.3 is 88.8 Å². The molecule has 1 aromatic carbocycles. The number of anilines is 7. The summed E-state index contributed by atoms with van der Waals surface area (Å²) < 4.78 is 110. The summed E-state index contributed by atoms with van der Waals surface area (Å²) in [7, 11) is 1.97. The summed E-state index contributed by atoms with van der Waals surface area (Å²) in [6, 6.07) is 12.9. The number of nitrogen functional groups attached to an aromatic ring is 6. The maximum absolute atomic E-state index is 14.0. The number of aryl methyl sites for hydroxylation is 7. The number of pyridine rings is 6. The smallest absolute Gasteiger partial charge is 0.417 e. The first kappa shape index (κ1) is 106. The number of hydrogen-bond acceptors (Lipinski definition) is 32. The molecule has 17 heterocycles. The SMILES string of the molecule is CC(C)(C)c1cc(C(F)(F)F)c2c(N)c(C(N)=O)sc2n1.CC1(C)Cc2c(c(N3CCOCC3)nc3sc(C(N)=O)c(N)c23)CO1.CCc1c(C)nc2sc(-c3nnc(-c4ccccc4)o3)c(N)c2c1C.CCc1c(C)nc2sc(C(=O)OC(C)(C)C)c(N)c2c1C.CN1CCN(C(=O)c2sc3nc4c(c(C(F)(F)F)c3c2N)CCCCC4)CC1.Nc1c(C(=O)N2CCOCC2)sc2nc3c(cc12)CCCCC3. The molecular formula is C101H120F6N20O10S6. The normalized spacial score (nSPS) is 15.8. The molecule has 13 aromatic heterocycles. The molecule has 0 atom stereocenters. The zero-order valence-corrected chi connectivity index (χ0v) is 87.6. The van der Waals surface area contributed by atoms with Gasteiger partial charge in [-0.3, -0.25) is 19.2 Å². The standard InChI is InChI=1S/C19H23F3N4OS.C19H18N4OS.C17H22N4O3S.C17H21N3O2S.C16H22N2O2S.C13H14F3N3OS/c1-25-7-9-26(10-8-25)18(27)16-15(23)13-14(19(20,21)22)11-5-3-2-4-6-12(11)24-17(13)28-16;1-4-13-10(2)14-15(20)16(25-19(14)21-11(13)3)18-23-22-17(24-18)12-8-6-5-7-9-12;1-17(2)7-9-10(8-24-17)15(21-3-5-23-6-4-21)20-16-11(9)12(18)13(25-16)14(19)22;18-14-12-10-11-4-2-1-3-5-13(11)19-16(12)23-15(14)17(21)20-6-8-22-9-7-20;1-7-10-8(2)11-12(17)13(15(19)20-16(4,5)6)21-14(11)18-9(10)3;1-12(2,3)6-4-5(13(14,15)16)7-8(17)9(10(18)20)21-11(7)19-6/h2-10,23H2,1H3;5-9H,4,20H2,1-3H3;3-8,18H2,1-2H3,(H2,19,22);10H,1-9,18H2;7,17H2,1-6H3;4H,17H2,1-3H3,(H2,18,20). The van der Waals surface area contributed by atoms with Gasteiger partial charge in [-0.05, 0) is 197 Å². The molecule has 4 aliphatic heterocycles. The van der Waals surface area contributed by atoms with Crippen molar-refractivity contribution in [3.8, 4) is 22.2 Å². The second-order valence-corrected chi connectivity index (χ2v) is 44.8. The fraction of sp³-hybridized carbons (Fsp3) is 0.455. The number of nitrogens with two attached hydrogens (primary N) is 8.